The minimum Gasteiger partial charge on any atom is -0.314 e. The Morgan fingerprint density at radius 1 is 1.33 bits per heavy atom. The molecule has 90 valence electrons. The highest BCUT2D eigenvalue weighted by molar-refractivity contribution is 7.90. The second kappa shape index (κ2) is 4.83. The predicted octanol–water partition coefficient (Wildman–Crippen LogP) is 1.59. The van der Waals surface area contributed by atoms with Crippen molar-refractivity contribution in [2.24, 2.45) is 5.41 Å². The number of rotatable bonds is 6. The molecule has 0 saturated heterocycles. The van der Waals surface area contributed by atoms with Crippen LogP contribution in [0.5, 0.6) is 0 Å². The Balaban J connectivity index is 2.40. The van der Waals surface area contributed by atoms with Crippen LogP contribution in [0, 0.1) is 5.41 Å². The molecule has 0 spiro atoms. The highest BCUT2D eigenvalue weighted by atomic mass is 32.2. The fraction of sp³-hybridized carbons (Fsp3) is 1.00. The number of nitrogens with one attached hydrogen (secondary N) is 1. The van der Waals surface area contributed by atoms with Crippen molar-refractivity contribution in [3.05, 3.63) is 0 Å². The van der Waals surface area contributed by atoms with E-state index in [1.807, 2.05) is 0 Å². The van der Waals surface area contributed by atoms with Gasteiger partial charge in [0.15, 0.2) is 0 Å². The van der Waals surface area contributed by atoms with Crippen LogP contribution in [-0.4, -0.2) is 33.0 Å². The third-order valence-corrected chi connectivity index (χ3v) is 4.25. The second-order valence-electron chi connectivity index (χ2n) is 5.27. The largest absolute Gasteiger partial charge is 0.314 e. The van der Waals surface area contributed by atoms with Gasteiger partial charge in [-0.15, -0.1) is 0 Å². The van der Waals surface area contributed by atoms with Crippen LogP contribution >= 0.6 is 0 Å². The third-order valence-electron chi connectivity index (χ3n) is 3.30. The molecule has 15 heavy (non-hydrogen) atoms. The Labute approximate surface area is 93.6 Å². The van der Waals surface area contributed by atoms with Crippen molar-refractivity contribution < 1.29 is 8.42 Å². The van der Waals surface area contributed by atoms with E-state index in [0.717, 1.165) is 13.0 Å². The molecule has 1 aliphatic rings. The Hall–Kier alpha value is -0.0900. The molecule has 1 fully saturated rings. The van der Waals surface area contributed by atoms with E-state index in [1.165, 1.54) is 25.5 Å². The molecular weight excluding hydrogens is 210 g/mol. The number of sulfone groups is 1. The lowest BCUT2D eigenvalue weighted by atomic mass is 9.67. The van der Waals surface area contributed by atoms with Gasteiger partial charge in [-0.2, -0.15) is 0 Å². The van der Waals surface area contributed by atoms with Gasteiger partial charge in [-0.25, -0.2) is 8.42 Å². The molecule has 1 saturated carbocycles. The summed E-state index contributed by atoms with van der Waals surface area (Å²) in [7, 11) is -2.80. The molecule has 0 aromatic heterocycles. The molecule has 4 heteroatoms. The van der Waals surface area contributed by atoms with Crippen molar-refractivity contribution in [3.63, 3.8) is 0 Å². The van der Waals surface area contributed by atoms with E-state index < -0.39 is 9.84 Å². The molecule has 0 aliphatic heterocycles. The zero-order valence-corrected chi connectivity index (χ0v) is 10.9. The van der Waals surface area contributed by atoms with Crippen LogP contribution in [-0.2, 0) is 9.84 Å². The summed E-state index contributed by atoms with van der Waals surface area (Å²) in [4.78, 5) is 0. The molecular formula is C11H23NO2S. The van der Waals surface area contributed by atoms with Crippen molar-refractivity contribution in [1.29, 1.82) is 0 Å². The summed E-state index contributed by atoms with van der Waals surface area (Å²) in [6.07, 6.45) is 5.77. The summed E-state index contributed by atoms with van der Waals surface area (Å²) in [5, 5.41) is 3.43. The van der Waals surface area contributed by atoms with Gasteiger partial charge in [-0.3, -0.25) is 0 Å². The van der Waals surface area contributed by atoms with Crippen molar-refractivity contribution in [1.82, 2.24) is 5.32 Å². The average Bonchev–Trinajstić information content (AvgIpc) is 1.99. The third kappa shape index (κ3) is 4.51. The van der Waals surface area contributed by atoms with Crippen LogP contribution in [0.4, 0.5) is 0 Å². The van der Waals surface area contributed by atoms with Crippen LogP contribution in [0.2, 0.25) is 0 Å². The zero-order valence-electron chi connectivity index (χ0n) is 10.0. The first-order valence-corrected chi connectivity index (χ1v) is 7.80. The first kappa shape index (κ1) is 13.0. The van der Waals surface area contributed by atoms with Crippen molar-refractivity contribution in [2.45, 2.75) is 45.6 Å². The maximum atomic E-state index is 11.1. The van der Waals surface area contributed by atoms with Gasteiger partial charge in [0.25, 0.3) is 0 Å². The quantitative estimate of drug-likeness (QED) is 0.758. The van der Waals surface area contributed by atoms with Crippen LogP contribution in [0.25, 0.3) is 0 Å². The van der Waals surface area contributed by atoms with Crippen molar-refractivity contribution in [3.8, 4) is 0 Å². The molecule has 1 aliphatic carbocycles. The molecule has 0 unspecified atom stereocenters. The van der Waals surface area contributed by atoms with Gasteiger partial charge in [0.1, 0.15) is 9.84 Å². The molecule has 0 bridgehead atoms. The lowest BCUT2D eigenvalue weighted by Crippen LogP contribution is -2.43. The fourth-order valence-corrected chi connectivity index (χ4v) is 2.82. The normalized spacial score (nSPS) is 20.3. The fourth-order valence-electron chi connectivity index (χ4n) is 2.01. The molecule has 1 rings (SSSR count). The Bertz CT molecular complexity index is 292. The summed E-state index contributed by atoms with van der Waals surface area (Å²) in [5.41, 5.74) is 0.271. The smallest absolute Gasteiger partial charge is 0.147 e. The number of hydrogen-bond acceptors (Lipinski definition) is 3. The maximum absolute atomic E-state index is 11.1. The van der Waals surface area contributed by atoms with Gasteiger partial charge in [0, 0.05) is 18.8 Å². The molecule has 0 heterocycles. The Kier molecular flexibility index (Phi) is 4.18. The standard InChI is InChI=1S/C11H23NO2S/c1-10(2)12-9-11(5-4-6-11)7-8-15(3,13)14/h10,12H,4-9H2,1-3H3. The van der Waals surface area contributed by atoms with Crippen LogP contribution in [0.3, 0.4) is 0 Å². The summed E-state index contributed by atoms with van der Waals surface area (Å²) < 4.78 is 22.3. The number of hydrogen-bond donors (Lipinski definition) is 1. The SMILES string of the molecule is CC(C)NCC1(CCS(C)(=O)=O)CCC1. The lowest BCUT2D eigenvalue weighted by molar-refractivity contribution is 0.122. The first-order valence-electron chi connectivity index (χ1n) is 5.74. The summed E-state index contributed by atoms with van der Waals surface area (Å²) >= 11 is 0. The van der Waals surface area contributed by atoms with E-state index >= 15 is 0 Å². The minimum atomic E-state index is -2.80. The topological polar surface area (TPSA) is 46.2 Å². The molecule has 0 aromatic rings. The maximum Gasteiger partial charge on any atom is 0.147 e. The van der Waals surface area contributed by atoms with Gasteiger partial charge in [0.2, 0.25) is 0 Å². The van der Waals surface area contributed by atoms with E-state index in [1.54, 1.807) is 0 Å². The van der Waals surface area contributed by atoms with Crippen molar-refractivity contribution in [2.75, 3.05) is 18.6 Å². The van der Waals surface area contributed by atoms with E-state index in [4.69, 9.17) is 0 Å². The first-order chi connectivity index (χ1) is 6.83. The van der Waals surface area contributed by atoms with Crippen LogP contribution < -0.4 is 5.32 Å². The van der Waals surface area contributed by atoms with Gasteiger partial charge in [-0.05, 0) is 24.7 Å². The summed E-state index contributed by atoms with van der Waals surface area (Å²) in [6, 6.07) is 0.487. The van der Waals surface area contributed by atoms with Crippen LogP contribution in [0.1, 0.15) is 39.5 Å². The highest BCUT2D eigenvalue weighted by Crippen LogP contribution is 2.43. The van der Waals surface area contributed by atoms with Crippen LogP contribution in [0.15, 0.2) is 0 Å². The second-order valence-corrected chi connectivity index (χ2v) is 7.53. The monoisotopic (exact) mass is 233 g/mol. The van der Waals surface area contributed by atoms with Crippen molar-refractivity contribution >= 4 is 9.84 Å². The minimum absolute atomic E-state index is 0.271. The van der Waals surface area contributed by atoms with E-state index in [-0.39, 0.29) is 5.41 Å². The van der Waals surface area contributed by atoms with E-state index in [0.29, 0.717) is 11.8 Å². The average molecular weight is 233 g/mol. The van der Waals surface area contributed by atoms with Gasteiger partial charge in [-0.1, -0.05) is 20.3 Å². The summed E-state index contributed by atoms with van der Waals surface area (Å²) in [5.74, 6) is 0.340. The lowest BCUT2D eigenvalue weighted by Gasteiger charge is -2.42. The Morgan fingerprint density at radius 3 is 2.27 bits per heavy atom. The molecule has 0 atom stereocenters. The van der Waals surface area contributed by atoms with Gasteiger partial charge < -0.3 is 5.32 Å². The van der Waals surface area contributed by atoms with Gasteiger partial charge >= 0.3 is 0 Å². The highest BCUT2D eigenvalue weighted by Gasteiger charge is 2.36. The predicted molar refractivity (Wildman–Crippen MR) is 63.8 cm³/mol. The van der Waals surface area contributed by atoms with Gasteiger partial charge in [0.05, 0.1) is 5.75 Å². The molecule has 0 amide bonds. The van der Waals surface area contributed by atoms with E-state index in [9.17, 15) is 8.42 Å². The summed E-state index contributed by atoms with van der Waals surface area (Å²) in [6.45, 7) is 5.23. The molecule has 0 aromatic carbocycles. The molecule has 1 N–H and O–H groups in total. The zero-order chi connectivity index (χ0) is 11.5. The van der Waals surface area contributed by atoms with E-state index in [2.05, 4.69) is 19.2 Å². The molecule has 0 radical (unpaired) electrons. The molecule has 3 nitrogen and oxygen atoms in total. The Morgan fingerprint density at radius 2 is 1.93 bits per heavy atom.